The molecule has 0 aromatic heterocycles. The lowest BCUT2D eigenvalue weighted by Crippen LogP contribution is -2.18. The van der Waals surface area contributed by atoms with Gasteiger partial charge in [-0.2, -0.15) is 5.10 Å². The zero-order valence-corrected chi connectivity index (χ0v) is 15.7. The molecule has 2 aromatic rings. The van der Waals surface area contributed by atoms with E-state index in [4.69, 9.17) is 4.74 Å². The van der Waals surface area contributed by atoms with E-state index in [0.29, 0.717) is 23.6 Å². The highest BCUT2D eigenvalue weighted by molar-refractivity contribution is 9.10. The van der Waals surface area contributed by atoms with E-state index in [-0.39, 0.29) is 11.8 Å². The first kappa shape index (κ1) is 19.4. The first-order valence-electron chi connectivity index (χ1n) is 7.74. The SMILES string of the molecule is C=CCOc1ccc(C=NNC(=O)c2cccc(NC(C)=O)c2)cc1Br. The summed E-state index contributed by atoms with van der Waals surface area (Å²) in [6, 6.07) is 12.0. The average Bonchev–Trinajstić information content (AvgIpc) is 2.60. The number of benzene rings is 2. The molecule has 0 saturated carbocycles. The predicted octanol–water partition coefficient (Wildman–Crippen LogP) is 3.74. The molecule has 2 N–H and O–H groups in total. The highest BCUT2D eigenvalue weighted by Crippen LogP contribution is 2.25. The lowest BCUT2D eigenvalue weighted by atomic mass is 10.2. The van der Waals surface area contributed by atoms with Crippen molar-refractivity contribution >= 4 is 39.6 Å². The third-order valence-corrected chi connectivity index (χ3v) is 3.76. The lowest BCUT2D eigenvalue weighted by molar-refractivity contribution is -0.114. The molecule has 6 nitrogen and oxygen atoms in total. The third-order valence-electron chi connectivity index (χ3n) is 3.14. The maximum Gasteiger partial charge on any atom is 0.271 e. The van der Waals surface area contributed by atoms with Crippen LogP contribution in [0.2, 0.25) is 0 Å². The molecule has 0 unspecified atom stereocenters. The highest BCUT2D eigenvalue weighted by atomic mass is 79.9. The van der Waals surface area contributed by atoms with Crippen molar-refractivity contribution in [2.75, 3.05) is 11.9 Å². The van der Waals surface area contributed by atoms with Crippen molar-refractivity contribution in [3.05, 3.63) is 70.7 Å². The van der Waals surface area contributed by atoms with Crippen molar-refractivity contribution < 1.29 is 14.3 Å². The summed E-state index contributed by atoms with van der Waals surface area (Å²) < 4.78 is 6.25. The van der Waals surface area contributed by atoms with Gasteiger partial charge in [0.25, 0.3) is 5.91 Å². The molecule has 0 fully saturated rings. The average molecular weight is 416 g/mol. The van der Waals surface area contributed by atoms with Crippen LogP contribution in [0.3, 0.4) is 0 Å². The summed E-state index contributed by atoms with van der Waals surface area (Å²) in [6.07, 6.45) is 3.19. The third kappa shape index (κ3) is 5.86. The maximum atomic E-state index is 12.1. The van der Waals surface area contributed by atoms with Crippen molar-refractivity contribution in [1.82, 2.24) is 5.43 Å². The molecule has 0 aliphatic heterocycles. The molecule has 2 amide bonds. The molecular weight excluding hydrogens is 398 g/mol. The maximum absolute atomic E-state index is 12.1. The summed E-state index contributed by atoms with van der Waals surface area (Å²) in [7, 11) is 0. The standard InChI is InChI=1S/C19H18BrN3O3/c1-3-9-26-18-8-7-14(10-17(18)20)12-21-23-19(25)15-5-4-6-16(11-15)22-13(2)24/h3-8,10-12H,1,9H2,2H3,(H,22,24)(H,23,25). The van der Waals surface area contributed by atoms with Gasteiger partial charge in [0.05, 0.1) is 10.7 Å². The Kier molecular flexibility index (Phi) is 7.11. The van der Waals surface area contributed by atoms with E-state index in [1.165, 1.54) is 13.1 Å². The van der Waals surface area contributed by atoms with Crippen LogP contribution >= 0.6 is 15.9 Å². The number of anilines is 1. The number of ether oxygens (including phenoxy) is 1. The minimum Gasteiger partial charge on any atom is -0.488 e. The van der Waals surface area contributed by atoms with Gasteiger partial charge in [-0.15, -0.1) is 0 Å². The second kappa shape index (κ2) is 9.53. The van der Waals surface area contributed by atoms with Gasteiger partial charge in [0.2, 0.25) is 5.91 Å². The molecule has 0 bridgehead atoms. The van der Waals surface area contributed by atoms with Crippen molar-refractivity contribution in [3.63, 3.8) is 0 Å². The van der Waals surface area contributed by atoms with E-state index < -0.39 is 0 Å². The predicted molar refractivity (Wildman–Crippen MR) is 106 cm³/mol. The molecule has 7 heteroatoms. The summed E-state index contributed by atoms with van der Waals surface area (Å²) in [4.78, 5) is 23.2. The molecule has 2 rings (SSSR count). The second-order valence-corrected chi connectivity index (χ2v) is 6.10. The van der Waals surface area contributed by atoms with Gasteiger partial charge in [-0.3, -0.25) is 9.59 Å². The Morgan fingerprint density at radius 1 is 1.27 bits per heavy atom. The fourth-order valence-corrected chi connectivity index (χ4v) is 2.55. The Hall–Kier alpha value is -2.93. The molecule has 26 heavy (non-hydrogen) atoms. The number of rotatable bonds is 7. The number of amides is 2. The van der Waals surface area contributed by atoms with Crippen LogP contribution in [0, 0.1) is 0 Å². The first-order chi connectivity index (χ1) is 12.5. The van der Waals surface area contributed by atoms with Crippen LogP contribution in [0.4, 0.5) is 5.69 Å². The van der Waals surface area contributed by atoms with Crippen LogP contribution < -0.4 is 15.5 Å². The quantitative estimate of drug-likeness (QED) is 0.410. The van der Waals surface area contributed by atoms with Gasteiger partial charge in [0.15, 0.2) is 0 Å². The smallest absolute Gasteiger partial charge is 0.271 e. The largest absolute Gasteiger partial charge is 0.488 e. The molecule has 0 aliphatic rings. The van der Waals surface area contributed by atoms with Crippen LogP contribution in [0.15, 0.2) is 64.7 Å². The van der Waals surface area contributed by atoms with E-state index >= 15 is 0 Å². The van der Waals surface area contributed by atoms with Crippen molar-refractivity contribution in [1.29, 1.82) is 0 Å². The second-order valence-electron chi connectivity index (χ2n) is 5.25. The number of hydrogen-bond acceptors (Lipinski definition) is 4. The number of carbonyl (C=O) groups excluding carboxylic acids is 2. The van der Waals surface area contributed by atoms with E-state index in [0.717, 1.165) is 10.0 Å². The molecule has 0 heterocycles. The van der Waals surface area contributed by atoms with Crippen molar-refractivity contribution in [2.24, 2.45) is 5.10 Å². The monoisotopic (exact) mass is 415 g/mol. The van der Waals surface area contributed by atoms with Crippen molar-refractivity contribution in [2.45, 2.75) is 6.92 Å². The summed E-state index contributed by atoms with van der Waals surface area (Å²) in [5.74, 6) is 0.117. The molecule has 0 radical (unpaired) electrons. The Bertz CT molecular complexity index is 850. The fourth-order valence-electron chi connectivity index (χ4n) is 2.03. The molecule has 0 spiro atoms. The normalized spacial score (nSPS) is 10.4. The lowest BCUT2D eigenvalue weighted by Gasteiger charge is -2.06. The number of hydrazone groups is 1. The number of nitrogens with one attached hydrogen (secondary N) is 2. The summed E-state index contributed by atoms with van der Waals surface area (Å²) in [5, 5.41) is 6.58. The van der Waals surface area contributed by atoms with E-state index in [2.05, 4.69) is 38.4 Å². The molecule has 2 aromatic carbocycles. The van der Waals surface area contributed by atoms with Crippen molar-refractivity contribution in [3.8, 4) is 5.75 Å². The van der Waals surface area contributed by atoms with Gasteiger partial charge in [0, 0.05) is 18.2 Å². The van der Waals surface area contributed by atoms with E-state index in [9.17, 15) is 9.59 Å². The van der Waals surface area contributed by atoms with Crippen LogP contribution in [0.25, 0.3) is 0 Å². The fraction of sp³-hybridized carbons (Fsp3) is 0.105. The van der Waals surface area contributed by atoms with Crippen LogP contribution in [-0.4, -0.2) is 24.6 Å². The first-order valence-corrected chi connectivity index (χ1v) is 8.53. The van der Waals surface area contributed by atoms with Gasteiger partial charge >= 0.3 is 0 Å². The molecule has 0 saturated heterocycles. The minimum absolute atomic E-state index is 0.202. The van der Waals surface area contributed by atoms with Gasteiger partial charge in [-0.25, -0.2) is 5.43 Å². The summed E-state index contributed by atoms with van der Waals surface area (Å²) >= 11 is 3.42. The van der Waals surface area contributed by atoms with Crippen LogP contribution in [0.1, 0.15) is 22.8 Å². The Labute approximate surface area is 160 Å². The molecule has 0 aliphatic carbocycles. The van der Waals surface area contributed by atoms with Gasteiger partial charge < -0.3 is 10.1 Å². The van der Waals surface area contributed by atoms with Crippen LogP contribution in [-0.2, 0) is 4.79 Å². The highest BCUT2D eigenvalue weighted by Gasteiger charge is 2.06. The number of hydrogen-bond donors (Lipinski definition) is 2. The van der Waals surface area contributed by atoms with Gasteiger partial charge in [-0.05, 0) is 57.9 Å². The van der Waals surface area contributed by atoms with Gasteiger partial charge in [0.1, 0.15) is 12.4 Å². The number of halogens is 1. The Morgan fingerprint density at radius 2 is 2.08 bits per heavy atom. The van der Waals surface area contributed by atoms with Gasteiger partial charge in [-0.1, -0.05) is 18.7 Å². The van der Waals surface area contributed by atoms with E-state index in [1.807, 2.05) is 12.1 Å². The molecular formula is C19H18BrN3O3. The summed E-state index contributed by atoms with van der Waals surface area (Å²) in [6.45, 7) is 5.42. The number of nitrogens with zero attached hydrogens (tertiary/aromatic N) is 1. The van der Waals surface area contributed by atoms with E-state index in [1.54, 1.807) is 36.4 Å². The Morgan fingerprint density at radius 3 is 2.77 bits per heavy atom. The minimum atomic E-state index is -0.376. The zero-order chi connectivity index (χ0) is 18.9. The zero-order valence-electron chi connectivity index (χ0n) is 14.2. The molecule has 0 atom stereocenters. The number of carbonyl (C=O) groups is 2. The molecule has 134 valence electrons. The van der Waals surface area contributed by atoms with Crippen LogP contribution in [0.5, 0.6) is 5.75 Å². The topological polar surface area (TPSA) is 79.8 Å². The summed E-state index contributed by atoms with van der Waals surface area (Å²) in [5.41, 5.74) is 4.18. The Balaban J connectivity index is 1.99.